The summed E-state index contributed by atoms with van der Waals surface area (Å²) in [5.74, 6) is -1.15. The van der Waals surface area contributed by atoms with Crippen LogP contribution in [0.4, 0.5) is 0 Å². The fourth-order valence-corrected chi connectivity index (χ4v) is 1.10. The molecule has 0 bridgehead atoms. The van der Waals surface area contributed by atoms with E-state index >= 15 is 0 Å². The minimum Gasteiger partial charge on any atom is -0.478 e. The van der Waals surface area contributed by atoms with E-state index in [1.165, 1.54) is 6.07 Å². The first-order valence-corrected chi connectivity index (χ1v) is 3.79. The standard InChI is InChI=1S/C8H6ClNO3/c1-4-2-5(8(12)13)7(9)10-6(4)3-11/h2-3H,1H3,(H,12,13). The van der Waals surface area contributed by atoms with Crippen molar-refractivity contribution in [1.82, 2.24) is 4.98 Å². The third kappa shape index (κ3) is 1.84. The van der Waals surface area contributed by atoms with Crippen molar-refractivity contribution in [2.24, 2.45) is 0 Å². The first-order valence-electron chi connectivity index (χ1n) is 3.42. The molecule has 0 aliphatic heterocycles. The normalized spacial score (nSPS) is 9.69. The first kappa shape index (κ1) is 9.67. The Hall–Kier alpha value is -1.42. The SMILES string of the molecule is Cc1cc(C(=O)O)c(Cl)nc1C=O. The van der Waals surface area contributed by atoms with E-state index in [2.05, 4.69) is 4.98 Å². The molecule has 1 aromatic rings. The number of aromatic carboxylic acids is 1. The van der Waals surface area contributed by atoms with E-state index in [0.717, 1.165) is 0 Å². The lowest BCUT2D eigenvalue weighted by atomic mass is 10.1. The van der Waals surface area contributed by atoms with E-state index in [9.17, 15) is 9.59 Å². The maximum Gasteiger partial charge on any atom is 0.338 e. The van der Waals surface area contributed by atoms with Gasteiger partial charge in [-0.3, -0.25) is 4.79 Å². The minimum absolute atomic E-state index is 0.0928. The van der Waals surface area contributed by atoms with Crippen LogP contribution in [0.5, 0.6) is 0 Å². The Bertz CT molecular complexity index is 376. The third-order valence-corrected chi connectivity index (χ3v) is 1.84. The van der Waals surface area contributed by atoms with Gasteiger partial charge in [0.1, 0.15) is 10.8 Å². The zero-order valence-corrected chi connectivity index (χ0v) is 7.50. The Morgan fingerprint density at radius 2 is 2.31 bits per heavy atom. The first-order chi connectivity index (χ1) is 6.06. The molecular formula is C8H6ClNO3. The highest BCUT2D eigenvalue weighted by molar-refractivity contribution is 6.32. The van der Waals surface area contributed by atoms with Crippen molar-refractivity contribution in [3.05, 3.63) is 28.0 Å². The number of carboxylic acid groups (broad SMARTS) is 1. The smallest absolute Gasteiger partial charge is 0.338 e. The van der Waals surface area contributed by atoms with Crippen LogP contribution in [-0.4, -0.2) is 22.3 Å². The minimum atomic E-state index is -1.15. The average Bonchev–Trinajstić information content (AvgIpc) is 2.07. The number of nitrogens with zero attached hydrogens (tertiary/aromatic N) is 1. The molecule has 0 saturated heterocycles. The molecule has 1 N–H and O–H groups in total. The molecule has 5 heteroatoms. The molecular weight excluding hydrogens is 194 g/mol. The predicted octanol–water partition coefficient (Wildman–Crippen LogP) is 1.55. The number of carboxylic acids is 1. The van der Waals surface area contributed by atoms with E-state index in [-0.39, 0.29) is 16.4 Å². The van der Waals surface area contributed by atoms with Crippen molar-refractivity contribution in [2.75, 3.05) is 0 Å². The summed E-state index contributed by atoms with van der Waals surface area (Å²) in [4.78, 5) is 24.6. The van der Waals surface area contributed by atoms with Crippen LogP contribution in [0.3, 0.4) is 0 Å². The number of carbonyl (C=O) groups is 2. The Balaban J connectivity index is 3.36. The Labute approximate surface area is 79.2 Å². The van der Waals surface area contributed by atoms with Crippen molar-refractivity contribution in [2.45, 2.75) is 6.92 Å². The molecule has 68 valence electrons. The molecule has 1 rings (SSSR count). The van der Waals surface area contributed by atoms with Crippen LogP contribution in [-0.2, 0) is 0 Å². The molecule has 0 aliphatic rings. The van der Waals surface area contributed by atoms with Crippen LogP contribution in [0, 0.1) is 6.92 Å². The highest BCUT2D eigenvalue weighted by atomic mass is 35.5. The maximum atomic E-state index is 10.6. The molecule has 4 nitrogen and oxygen atoms in total. The predicted molar refractivity (Wildman–Crippen MR) is 46.3 cm³/mol. The summed E-state index contributed by atoms with van der Waals surface area (Å²) < 4.78 is 0. The topological polar surface area (TPSA) is 67.3 Å². The van der Waals surface area contributed by atoms with E-state index < -0.39 is 5.97 Å². The second kappa shape index (κ2) is 3.53. The number of halogens is 1. The molecule has 0 aromatic carbocycles. The second-order valence-electron chi connectivity index (χ2n) is 2.45. The molecule has 0 spiro atoms. The summed E-state index contributed by atoms with van der Waals surface area (Å²) in [6.45, 7) is 1.60. The van der Waals surface area contributed by atoms with Crippen LogP contribution in [0.15, 0.2) is 6.07 Å². The number of aromatic nitrogens is 1. The number of aldehydes is 1. The fraction of sp³-hybridized carbons (Fsp3) is 0.125. The van der Waals surface area contributed by atoms with Crippen molar-refractivity contribution in [3.63, 3.8) is 0 Å². The van der Waals surface area contributed by atoms with Gasteiger partial charge in [0, 0.05) is 0 Å². The van der Waals surface area contributed by atoms with Crippen molar-refractivity contribution in [3.8, 4) is 0 Å². The quantitative estimate of drug-likeness (QED) is 0.580. The van der Waals surface area contributed by atoms with E-state index in [1.54, 1.807) is 6.92 Å². The Morgan fingerprint density at radius 3 is 2.77 bits per heavy atom. The molecule has 0 unspecified atom stereocenters. The van der Waals surface area contributed by atoms with Gasteiger partial charge in [0.25, 0.3) is 0 Å². The van der Waals surface area contributed by atoms with Crippen LogP contribution in [0.2, 0.25) is 5.15 Å². The van der Waals surface area contributed by atoms with Crippen LogP contribution >= 0.6 is 11.6 Å². The number of carbonyl (C=O) groups excluding carboxylic acids is 1. The van der Waals surface area contributed by atoms with Gasteiger partial charge in [0.2, 0.25) is 0 Å². The van der Waals surface area contributed by atoms with Crippen molar-refractivity contribution < 1.29 is 14.7 Å². The van der Waals surface area contributed by atoms with Crippen LogP contribution in [0.1, 0.15) is 26.4 Å². The van der Waals surface area contributed by atoms with Gasteiger partial charge in [-0.05, 0) is 18.6 Å². The lowest BCUT2D eigenvalue weighted by Gasteiger charge is -2.01. The highest BCUT2D eigenvalue weighted by Crippen LogP contribution is 2.16. The number of hydrogen-bond acceptors (Lipinski definition) is 3. The summed E-state index contributed by atoms with van der Waals surface area (Å²) >= 11 is 5.52. The maximum absolute atomic E-state index is 10.6. The third-order valence-electron chi connectivity index (χ3n) is 1.55. The van der Waals surface area contributed by atoms with Crippen LogP contribution in [0.25, 0.3) is 0 Å². The van der Waals surface area contributed by atoms with E-state index in [1.807, 2.05) is 0 Å². The van der Waals surface area contributed by atoms with Crippen molar-refractivity contribution >= 4 is 23.9 Å². The summed E-state index contributed by atoms with van der Waals surface area (Å²) in [6.07, 6.45) is 0.535. The molecule has 1 aromatic heterocycles. The van der Waals surface area contributed by atoms with Gasteiger partial charge in [0.15, 0.2) is 6.29 Å². The Morgan fingerprint density at radius 1 is 1.69 bits per heavy atom. The Kier molecular flexibility index (Phi) is 2.63. The number of aryl methyl sites for hydroxylation is 1. The van der Waals surface area contributed by atoms with Gasteiger partial charge in [-0.25, -0.2) is 9.78 Å². The largest absolute Gasteiger partial charge is 0.478 e. The van der Waals surface area contributed by atoms with E-state index in [4.69, 9.17) is 16.7 Å². The molecule has 1 heterocycles. The zero-order chi connectivity index (χ0) is 10.0. The van der Waals surface area contributed by atoms with Gasteiger partial charge in [-0.1, -0.05) is 11.6 Å². The summed E-state index contributed by atoms with van der Waals surface area (Å²) in [5, 5.41) is 8.47. The summed E-state index contributed by atoms with van der Waals surface area (Å²) in [7, 11) is 0. The lowest BCUT2D eigenvalue weighted by Crippen LogP contribution is -2.03. The monoisotopic (exact) mass is 199 g/mol. The summed E-state index contributed by atoms with van der Waals surface area (Å²) in [6, 6.07) is 1.32. The molecule has 0 fully saturated rings. The summed E-state index contributed by atoms with van der Waals surface area (Å²) in [5.41, 5.74) is 0.566. The van der Waals surface area contributed by atoms with Gasteiger partial charge in [-0.2, -0.15) is 0 Å². The fourth-order valence-electron chi connectivity index (χ4n) is 0.873. The molecule has 13 heavy (non-hydrogen) atoms. The average molecular weight is 200 g/mol. The molecule has 0 atom stereocenters. The highest BCUT2D eigenvalue weighted by Gasteiger charge is 2.12. The van der Waals surface area contributed by atoms with Gasteiger partial charge >= 0.3 is 5.97 Å². The lowest BCUT2D eigenvalue weighted by molar-refractivity contribution is 0.0696. The molecule has 0 aliphatic carbocycles. The molecule has 0 radical (unpaired) electrons. The molecule has 0 amide bonds. The van der Waals surface area contributed by atoms with Gasteiger partial charge < -0.3 is 5.11 Å². The molecule has 0 saturated carbocycles. The van der Waals surface area contributed by atoms with Gasteiger partial charge in [-0.15, -0.1) is 0 Å². The number of hydrogen-bond donors (Lipinski definition) is 1. The van der Waals surface area contributed by atoms with Gasteiger partial charge in [0.05, 0.1) is 5.56 Å². The van der Waals surface area contributed by atoms with Crippen molar-refractivity contribution in [1.29, 1.82) is 0 Å². The zero-order valence-electron chi connectivity index (χ0n) is 6.74. The van der Waals surface area contributed by atoms with Crippen LogP contribution < -0.4 is 0 Å². The number of rotatable bonds is 2. The van der Waals surface area contributed by atoms with E-state index in [0.29, 0.717) is 11.8 Å². The second-order valence-corrected chi connectivity index (χ2v) is 2.81. The number of pyridine rings is 1.